The summed E-state index contributed by atoms with van der Waals surface area (Å²) < 4.78 is 1.07. The molecule has 0 spiro atoms. The second kappa shape index (κ2) is 6.58. The minimum Gasteiger partial charge on any atom is -0.289 e. The van der Waals surface area contributed by atoms with Crippen molar-refractivity contribution in [2.75, 3.05) is 0 Å². The standard InChI is InChI=1S/C11H14BrNO2/c12-10-7-5-9(6-8-10)3-1-2-4-11(14)13-15/h5-8,15H,1-4H2,(H,13,14). The van der Waals surface area contributed by atoms with Crippen LogP contribution in [0.15, 0.2) is 28.7 Å². The fourth-order valence-electron chi connectivity index (χ4n) is 1.32. The summed E-state index contributed by atoms with van der Waals surface area (Å²) in [4.78, 5) is 10.7. The molecule has 0 atom stereocenters. The Kier molecular flexibility index (Phi) is 5.36. The average molecular weight is 272 g/mol. The number of amides is 1. The van der Waals surface area contributed by atoms with E-state index in [4.69, 9.17) is 5.21 Å². The summed E-state index contributed by atoms with van der Waals surface area (Å²) in [5, 5.41) is 8.28. The summed E-state index contributed by atoms with van der Waals surface area (Å²) in [5.74, 6) is -0.314. The van der Waals surface area contributed by atoms with Gasteiger partial charge in [-0.15, -0.1) is 0 Å². The maximum absolute atomic E-state index is 10.7. The van der Waals surface area contributed by atoms with Crippen molar-refractivity contribution in [2.24, 2.45) is 0 Å². The lowest BCUT2D eigenvalue weighted by Crippen LogP contribution is -2.17. The van der Waals surface area contributed by atoms with Crippen LogP contribution < -0.4 is 5.48 Å². The molecule has 2 N–H and O–H groups in total. The van der Waals surface area contributed by atoms with E-state index in [0.29, 0.717) is 6.42 Å². The summed E-state index contributed by atoms with van der Waals surface area (Å²) >= 11 is 3.37. The smallest absolute Gasteiger partial charge is 0.243 e. The van der Waals surface area contributed by atoms with Gasteiger partial charge in [-0.1, -0.05) is 28.1 Å². The van der Waals surface area contributed by atoms with E-state index in [1.165, 1.54) is 5.56 Å². The number of hydrogen-bond donors (Lipinski definition) is 2. The zero-order chi connectivity index (χ0) is 11.1. The zero-order valence-electron chi connectivity index (χ0n) is 8.37. The lowest BCUT2D eigenvalue weighted by atomic mass is 10.1. The molecule has 1 aromatic carbocycles. The van der Waals surface area contributed by atoms with Crippen molar-refractivity contribution in [1.29, 1.82) is 0 Å². The van der Waals surface area contributed by atoms with Gasteiger partial charge in [-0.25, -0.2) is 5.48 Å². The van der Waals surface area contributed by atoms with Crippen LogP contribution in [-0.2, 0) is 11.2 Å². The van der Waals surface area contributed by atoms with Crippen LogP contribution in [0.3, 0.4) is 0 Å². The monoisotopic (exact) mass is 271 g/mol. The first kappa shape index (κ1) is 12.2. The number of unbranched alkanes of at least 4 members (excludes halogenated alkanes) is 1. The summed E-state index contributed by atoms with van der Waals surface area (Å²) in [5.41, 5.74) is 2.89. The van der Waals surface area contributed by atoms with Crippen molar-refractivity contribution < 1.29 is 10.0 Å². The van der Waals surface area contributed by atoms with E-state index >= 15 is 0 Å². The molecular formula is C11H14BrNO2. The fraction of sp³-hybridized carbons (Fsp3) is 0.364. The van der Waals surface area contributed by atoms with Gasteiger partial charge in [0.05, 0.1) is 0 Å². The summed E-state index contributed by atoms with van der Waals surface area (Å²) in [7, 11) is 0. The highest BCUT2D eigenvalue weighted by Crippen LogP contribution is 2.12. The molecular weight excluding hydrogens is 258 g/mol. The van der Waals surface area contributed by atoms with Gasteiger partial charge >= 0.3 is 0 Å². The van der Waals surface area contributed by atoms with Gasteiger partial charge in [0.15, 0.2) is 0 Å². The molecule has 1 rings (SSSR count). The van der Waals surface area contributed by atoms with Crippen molar-refractivity contribution in [1.82, 2.24) is 5.48 Å². The van der Waals surface area contributed by atoms with Crippen molar-refractivity contribution in [3.05, 3.63) is 34.3 Å². The summed E-state index contributed by atoms with van der Waals surface area (Å²) in [6, 6.07) is 8.15. The molecule has 0 fully saturated rings. The Morgan fingerprint density at radius 2 is 1.93 bits per heavy atom. The van der Waals surface area contributed by atoms with E-state index in [2.05, 4.69) is 28.1 Å². The number of nitrogens with one attached hydrogen (secondary N) is 1. The van der Waals surface area contributed by atoms with Gasteiger partial charge < -0.3 is 0 Å². The normalized spacial score (nSPS) is 10.0. The number of carbonyl (C=O) groups excluding carboxylic acids is 1. The van der Waals surface area contributed by atoms with Crippen molar-refractivity contribution in [3.63, 3.8) is 0 Å². The Hall–Kier alpha value is -0.870. The first-order valence-corrected chi connectivity index (χ1v) is 5.69. The van der Waals surface area contributed by atoms with Gasteiger partial charge in [0, 0.05) is 10.9 Å². The van der Waals surface area contributed by atoms with Crippen molar-refractivity contribution >= 4 is 21.8 Å². The molecule has 0 unspecified atom stereocenters. The van der Waals surface area contributed by atoms with E-state index in [-0.39, 0.29) is 5.91 Å². The molecule has 15 heavy (non-hydrogen) atoms. The Morgan fingerprint density at radius 1 is 1.27 bits per heavy atom. The third kappa shape index (κ3) is 4.95. The quantitative estimate of drug-likeness (QED) is 0.492. The summed E-state index contributed by atoms with van der Waals surface area (Å²) in [6.07, 6.45) is 3.09. The largest absolute Gasteiger partial charge is 0.289 e. The first-order valence-electron chi connectivity index (χ1n) is 4.90. The van der Waals surface area contributed by atoms with Gasteiger partial charge in [-0.2, -0.15) is 0 Å². The molecule has 0 saturated carbocycles. The Labute approximate surface area is 97.6 Å². The molecule has 0 saturated heterocycles. The molecule has 0 aliphatic carbocycles. The number of benzene rings is 1. The van der Waals surface area contributed by atoms with Crippen molar-refractivity contribution in [3.8, 4) is 0 Å². The minimum atomic E-state index is -0.314. The van der Waals surface area contributed by atoms with E-state index in [1.54, 1.807) is 5.48 Å². The number of hydroxylamine groups is 1. The third-order valence-corrected chi connectivity index (χ3v) is 2.69. The van der Waals surface area contributed by atoms with Crippen LogP contribution >= 0.6 is 15.9 Å². The predicted molar refractivity (Wildman–Crippen MR) is 61.6 cm³/mol. The summed E-state index contributed by atoms with van der Waals surface area (Å²) in [6.45, 7) is 0. The van der Waals surface area contributed by atoms with Gasteiger partial charge in [-0.05, 0) is 37.0 Å². The van der Waals surface area contributed by atoms with Crippen LogP contribution in [0, 0.1) is 0 Å². The fourth-order valence-corrected chi connectivity index (χ4v) is 1.59. The second-order valence-electron chi connectivity index (χ2n) is 3.37. The van der Waals surface area contributed by atoms with Crippen LogP contribution in [0.1, 0.15) is 24.8 Å². The van der Waals surface area contributed by atoms with E-state index in [0.717, 1.165) is 23.7 Å². The highest BCUT2D eigenvalue weighted by molar-refractivity contribution is 9.10. The molecule has 0 aliphatic rings. The number of rotatable bonds is 5. The third-order valence-electron chi connectivity index (χ3n) is 2.16. The molecule has 4 heteroatoms. The molecule has 0 bridgehead atoms. The molecule has 1 amide bonds. The Morgan fingerprint density at radius 3 is 2.53 bits per heavy atom. The maximum Gasteiger partial charge on any atom is 0.243 e. The van der Waals surface area contributed by atoms with Gasteiger partial charge in [-0.3, -0.25) is 10.0 Å². The topological polar surface area (TPSA) is 49.3 Å². The minimum absolute atomic E-state index is 0.314. The van der Waals surface area contributed by atoms with Crippen LogP contribution in [0.2, 0.25) is 0 Å². The first-order chi connectivity index (χ1) is 7.22. The predicted octanol–water partition coefficient (Wildman–Crippen LogP) is 2.67. The Balaban J connectivity index is 2.20. The number of hydrogen-bond acceptors (Lipinski definition) is 2. The molecule has 3 nitrogen and oxygen atoms in total. The van der Waals surface area contributed by atoms with Gasteiger partial charge in [0.1, 0.15) is 0 Å². The second-order valence-corrected chi connectivity index (χ2v) is 4.28. The average Bonchev–Trinajstić information content (AvgIpc) is 2.26. The van der Waals surface area contributed by atoms with E-state index < -0.39 is 0 Å². The van der Waals surface area contributed by atoms with Crippen LogP contribution in [0.25, 0.3) is 0 Å². The maximum atomic E-state index is 10.7. The van der Waals surface area contributed by atoms with Crippen LogP contribution in [0.5, 0.6) is 0 Å². The molecule has 0 aliphatic heterocycles. The van der Waals surface area contributed by atoms with Gasteiger partial charge in [0.2, 0.25) is 5.91 Å². The molecule has 1 aromatic rings. The zero-order valence-corrected chi connectivity index (χ0v) is 9.96. The lowest BCUT2D eigenvalue weighted by molar-refractivity contribution is -0.129. The van der Waals surface area contributed by atoms with Gasteiger partial charge in [0.25, 0.3) is 0 Å². The molecule has 0 aromatic heterocycles. The van der Waals surface area contributed by atoms with E-state index in [1.807, 2.05) is 12.1 Å². The highest BCUT2D eigenvalue weighted by atomic mass is 79.9. The van der Waals surface area contributed by atoms with E-state index in [9.17, 15) is 4.79 Å². The number of carbonyl (C=O) groups is 1. The lowest BCUT2D eigenvalue weighted by Gasteiger charge is -2.01. The number of aryl methyl sites for hydroxylation is 1. The highest BCUT2D eigenvalue weighted by Gasteiger charge is 1.99. The molecule has 82 valence electrons. The van der Waals surface area contributed by atoms with Crippen LogP contribution in [0.4, 0.5) is 0 Å². The molecule has 0 heterocycles. The van der Waals surface area contributed by atoms with Crippen molar-refractivity contribution in [2.45, 2.75) is 25.7 Å². The van der Waals surface area contributed by atoms with Crippen LogP contribution in [-0.4, -0.2) is 11.1 Å². The SMILES string of the molecule is O=C(CCCCc1ccc(Br)cc1)NO. The number of halogens is 1. The molecule has 0 radical (unpaired) electrons. The Bertz CT molecular complexity index is 311.